The number of carboxylic acid groups (broad SMARTS) is 1. The quantitative estimate of drug-likeness (QED) is 0.708. The summed E-state index contributed by atoms with van der Waals surface area (Å²) in [7, 11) is 1.60. The standard InChI is InChI=1S/C15H22N4O4/c1-23-7-3-5-15(14(21)22)4-2-6-19(10-15)12-9-17-8-11(18-12)13(16)20/h8-9H,2-7,10H2,1H3,(H2,16,20)(H,21,22)/t15-/m0/s1. The summed E-state index contributed by atoms with van der Waals surface area (Å²) in [5.74, 6) is -0.975. The van der Waals surface area contributed by atoms with E-state index in [4.69, 9.17) is 10.5 Å². The molecule has 0 unspecified atom stereocenters. The first kappa shape index (κ1) is 17.1. The molecule has 0 spiro atoms. The third-order valence-corrected chi connectivity index (χ3v) is 4.23. The zero-order chi connectivity index (χ0) is 16.9. The van der Waals surface area contributed by atoms with Crippen molar-refractivity contribution in [1.82, 2.24) is 9.97 Å². The Bertz CT molecular complexity index is 580. The van der Waals surface area contributed by atoms with Crippen LogP contribution in [0.3, 0.4) is 0 Å². The van der Waals surface area contributed by atoms with Gasteiger partial charge >= 0.3 is 5.97 Å². The zero-order valence-electron chi connectivity index (χ0n) is 13.2. The molecule has 1 amide bonds. The highest BCUT2D eigenvalue weighted by molar-refractivity contribution is 5.90. The van der Waals surface area contributed by atoms with Gasteiger partial charge in [0, 0.05) is 26.8 Å². The van der Waals surface area contributed by atoms with Crippen molar-refractivity contribution < 1.29 is 19.4 Å². The minimum absolute atomic E-state index is 0.0772. The lowest BCUT2D eigenvalue weighted by Crippen LogP contribution is -2.48. The van der Waals surface area contributed by atoms with Crippen LogP contribution in [0.5, 0.6) is 0 Å². The van der Waals surface area contributed by atoms with Crippen molar-refractivity contribution in [3.05, 3.63) is 18.1 Å². The summed E-state index contributed by atoms with van der Waals surface area (Å²) in [6, 6.07) is 0. The first-order valence-electron chi connectivity index (χ1n) is 7.58. The molecule has 1 atom stereocenters. The molecule has 1 aliphatic rings. The van der Waals surface area contributed by atoms with E-state index in [-0.39, 0.29) is 5.69 Å². The van der Waals surface area contributed by atoms with E-state index < -0.39 is 17.3 Å². The molecule has 1 aliphatic heterocycles. The van der Waals surface area contributed by atoms with Crippen molar-refractivity contribution in [2.24, 2.45) is 11.1 Å². The fourth-order valence-corrected chi connectivity index (χ4v) is 2.99. The third-order valence-electron chi connectivity index (χ3n) is 4.23. The van der Waals surface area contributed by atoms with Crippen LogP contribution in [0.25, 0.3) is 0 Å². The van der Waals surface area contributed by atoms with Gasteiger partial charge in [-0.05, 0) is 25.7 Å². The number of primary amides is 1. The van der Waals surface area contributed by atoms with E-state index in [1.54, 1.807) is 7.11 Å². The fraction of sp³-hybridized carbons (Fsp3) is 0.600. The van der Waals surface area contributed by atoms with Gasteiger partial charge in [0.2, 0.25) is 0 Å². The third kappa shape index (κ3) is 3.95. The molecule has 23 heavy (non-hydrogen) atoms. The number of carboxylic acids is 1. The number of amides is 1. The monoisotopic (exact) mass is 322 g/mol. The van der Waals surface area contributed by atoms with Crippen LogP contribution in [-0.4, -0.2) is 53.8 Å². The Labute approximate surface area is 134 Å². The first-order valence-corrected chi connectivity index (χ1v) is 7.58. The maximum Gasteiger partial charge on any atom is 0.311 e. The molecule has 0 aliphatic carbocycles. The van der Waals surface area contributed by atoms with Gasteiger partial charge in [-0.1, -0.05) is 0 Å². The molecule has 0 saturated carbocycles. The molecule has 1 saturated heterocycles. The maximum atomic E-state index is 11.8. The Morgan fingerprint density at radius 2 is 2.26 bits per heavy atom. The van der Waals surface area contributed by atoms with Crippen LogP contribution in [0.1, 0.15) is 36.2 Å². The summed E-state index contributed by atoms with van der Waals surface area (Å²) in [6.07, 6.45) is 5.41. The van der Waals surface area contributed by atoms with Crippen LogP contribution in [0.4, 0.5) is 5.82 Å². The van der Waals surface area contributed by atoms with Gasteiger partial charge in [0.1, 0.15) is 11.5 Å². The Balaban J connectivity index is 2.19. The Kier molecular flexibility index (Phi) is 5.49. The molecular weight excluding hydrogens is 300 g/mol. The van der Waals surface area contributed by atoms with Gasteiger partial charge in [-0.2, -0.15) is 0 Å². The minimum atomic E-state index is -0.832. The molecule has 0 radical (unpaired) electrons. The predicted octanol–water partition coefficient (Wildman–Crippen LogP) is 0.673. The summed E-state index contributed by atoms with van der Waals surface area (Å²) in [6.45, 7) is 1.55. The number of nitrogens with zero attached hydrogens (tertiary/aromatic N) is 3. The molecule has 1 fully saturated rings. The molecule has 2 heterocycles. The number of piperidine rings is 1. The van der Waals surface area contributed by atoms with E-state index in [0.29, 0.717) is 44.8 Å². The Hall–Kier alpha value is -2.22. The van der Waals surface area contributed by atoms with Crippen LogP contribution < -0.4 is 10.6 Å². The topological polar surface area (TPSA) is 119 Å². The van der Waals surface area contributed by atoms with Crippen molar-refractivity contribution in [1.29, 1.82) is 0 Å². The first-order chi connectivity index (χ1) is 11.0. The minimum Gasteiger partial charge on any atom is -0.481 e. The molecule has 1 aromatic rings. The highest BCUT2D eigenvalue weighted by atomic mass is 16.5. The van der Waals surface area contributed by atoms with Gasteiger partial charge in [-0.15, -0.1) is 0 Å². The number of methoxy groups -OCH3 is 1. The Morgan fingerprint density at radius 1 is 1.48 bits per heavy atom. The lowest BCUT2D eigenvalue weighted by atomic mass is 9.76. The second kappa shape index (κ2) is 7.36. The molecule has 0 aromatic carbocycles. The van der Waals surface area contributed by atoms with Gasteiger partial charge in [-0.25, -0.2) is 4.98 Å². The van der Waals surface area contributed by atoms with E-state index in [2.05, 4.69) is 9.97 Å². The number of ether oxygens (including phenoxy) is 1. The molecule has 2 rings (SSSR count). The number of anilines is 1. The predicted molar refractivity (Wildman–Crippen MR) is 83.2 cm³/mol. The lowest BCUT2D eigenvalue weighted by molar-refractivity contribution is -0.150. The number of hydrogen-bond acceptors (Lipinski definition) is 6. The number of rotatable bonds is 7. The van der Waals surface area contributed by atoms with Gasteiger partial charge in [-0.3, -0.25) is 14.6 Å². The maximum absolute atomic E-state index is 11.8. The summed E-state index contributed by atoms with van der Waals surface area (Å²) in [5, 5.41) is 9.72. The van der Waals surface area contributed by atoms with E-state index in [0.717, 1.165) is 6.42 Å². The van der Waals surface area contributed by atoms with Crippen molar-refractivity contribution in [2.45, 2.75) is 25.7 Å². The SMILES string of the molecule is COCCC[C@@]1(C(=O)O)CCCN(c2cncc(C(N)=O)n2)C1. The summed E-state index contributed by atoms with van der Waals surface area (Å²) in [5.41, 5.74) is 4.47. The van der Waals surface area contributed by atoms with Crippen LogP contribution in [0.2, 0.25) is 0 Å². The van der Waals surface area contributed by atoms with Crippen LogP contribution in [0.15, 0.2) is 12.4 Å². The number of aromatic nitrogens is 2. The second-order valence-electron chi connectivity index (χ2n) is 5.83. The van der Waals surface area contributed by atoms with Crippen LogP contribution in [0, 0.1) is 5.41 Å². The lowest BCUT2D eigenvalue weighted by Gasteiger charge is -2.40. The van der Waals surface area contributed by atoms with E-state index in [1.807, 2.05) is 4.90 Å². The van der Waals surface area contributed by atoms with Crippen LogP contribution in [-0.2, 0) is 9.53 Å². The molecule has 8 nitrogen and oxygen atoms in total. The highest BCUT2D eigenvalue weighted by Crippen LogP contribution is 2.36. The average Bonchev–Trinajstić information content (AvgIpc) is 2.55. The number of carbonyl (C=O) groups is 2. The largest absolute Gasteiger partial charge is 0.481 e. The normalized spacial score (nSPS) is 21.2. The molecule has 0 bridgehead atoms. The molecular formula is C15H22N4O4. The van der Waals surface area contributed by atoms with Crippen molar-refractivity contribution in [3.8, 4) is 0 Å². The van der Waals surface area contributed by atoms with E-state index in [1.165, 1.54) is 12.4 Å². The molecule has 1 aromatic heterocycles. The summed E-state index contributed by atoms with van der Waals surface area (Å²) < 4.78 is 5.03. The van der Waals surface area contributed by atoms with Gasteiger partial charge < -0.3 is 20.5 Å². The van der Waals surface area contributed by atoms with Crippen molar-refractivity contribution in [2.75, 3.05) is 31.7 Å². The van der Waals surface area contributed by atoms with E-state index >= 15 is 0 Å². The zero-order valence-corrected chi connectivity index (χ0v) is 13.2. The number of nitrogens with two attached hydrogens (primary N) is 1. The smallest absolute Gasteiger partial charge is 0.311 e. The van der Waals surface area contributed by atoms with E-state index in [9.17, 15) is 14.7 Å². The second-order valence-corrected chi connectivity index (χ2v) is 5.83. The summed E-state index contributed by atoms with van der Waals surface area (Å²) >= 11 is 0. The number of carbonyl (C=O) groups excluding carboxylic acids is 1. The average molecular weight is 322 g/mol. The highest BCUT2D eigenvalue weighted by Gasteiger charge is 2.42. The van der Waals surface area contributed by atoms with Gasteiger partial charge in [0.25, 0.3) is 5.91 Å². The van der Waals surface area contributed by atoms with Crippen molar-refractivity contribution in [3.63, 3.8) is 0 Å². The molecule has 8 heteroatoms. The number of hydrogen-bond donors (Lipinski definition) is 2. The van der Waals surface area contributed by atoms with Crippen molar-refractivity contribution >= 4 is 17.7 Å². The van der Waals surface area contributed by atoms with Gasteiger partial charge in [0.15, 0.2) is 0 Å². The number of aliphatic carboxylic acids is 1. The fourth-order valence-electron chi connectivity index (χ4n) is 2.99. The Morgan fingerprint density at radius 3 is 2.91 bits per heavy atom. The molecule has 3 N–H and O–H groups in total. The van der Waals surface area contributed by atoms with Gasteiger partial charge in [0.05, 0.1) is 17.8 Å². The molecule has 126 valence electrons. The summed E-state index contributed by atoms with van der Waals surface area (Å²) in [4.78, 5) is 33.1. The van der Waals surface area contributed by atoms with Crippen LogP contribution >= 0.6 is 0 Å².